The van der Waals surface area contributed by atoms with Gasteiger partial charge in [-0.2, -0.15) is 0 Å². The third-order valence-corrected chi connectivity index (χ3v) is 15.4. The summed E-state index contributed by atoms with van der Waals surface area (Å²) in [5.41, 5.74) is 0.741. The molecule has 1 amide bonds. The lowest BCUT2D eigenvalue weighted by Gasteiger charge is -2.52. The van der Waals surface area contributed by atoms with Crippen molar-refractivity contribution in [1.29, 1.82) is 0 Å². The summed E-state index contributed by atoms with van der Waals surface area (Å²) >= 11 is 12.9. The second kappa shape index (κ2) is 14.6. The molecule has 0 aliphatic carbocycles. The second-order valence-electron chi connectivity index (χ2n) is 14.2. The number of likely N-dealkylation sites (tertiary alicyclic amines) is 1. The molecule has 5 rings (SSSR count). The minimum absolute atomic E-state index is 0.180. The number of rotatable bonds is 11. The standard InChI is InChI=1S/C40H45Cl2NO4Si/c1-6-32(27-47-48(39(2,3)4,33-16-9-7-10-17-33)34-18-11-8-12-19-34)43-37(28-20-22-30(41)23-21-28)35(29-14-13-15-31(42)24-29)25-40(5,38(43)46)26-36(44)45/h7-24,32,35,37H,6,25-27H2,1-5H3,(H,44,45)/t32-,35+,37+,40-/m0/s1. The topological polar surface area (TPSA) is 66.8 Å². The zero-order valence-corrected chi connectivity index (χ0v) is 30.8. The summed E-state index contributed by atoms with van der Waals surface area (Å²) in [5.74, 6) is -1.41. The molecule has 8 heteroatoms. The maximum atomic E-state index is 14.9. The van der Waals surface area contributed by atoms with Crippen molar-refractivity contribution >= 4 is 53.8 Å². The molecule has 0 bridgehead atoms. The van der Waals surface area contributed by atoms with Crippen molar-refractivity contribution in [3.8, 4) is 0 Å². The van der Waals surface area contributed by atoms with Crippen LogP contribution in [-0.4, -0.2) is 42.8 Å². The van der Waals surface area contributed by atoms with E-state index in [9.17, 15) is 14.7 Å². The summed E-state index contributed by atoms with van der Waals surface area (Å²) in [6.45, 7) is 10.9. The molecule has 4 aromatic carbocycles. The molecule has 1 aliphatic rings. The van der Waals surface area contributed by atoms with E-state index in [1.54, 1.807) is 6.92 Å². The Hall–Kier alpha value is -3.42. The zero-order valence-electron chi connectivity index (χ0n) is 28.3. The molecule has 1 saturated heterocycles. The number of carbonyl (C=O) groups excluding carboxylic acids is 1. The first-order valence-electron chi connectivity index (χ1n) is 16.6. The van der Waals surface area contributed by atoms with Crippen LogP contribution in [0, 0.1) is 5.41 Å². The van der Waals surface area contributed by atoms with Crippen molar-refractivity contribution in [2.24, 2.45) is 5.41 Å². The lowest BCUT2D eigenvalue weighted by atomic mass is 9.67. The number of piperidine rings is 1. The van der Waals surface area contributed by atoms with Crippen molar-refractivity contribution in [3.63, 3.8) is 0 Å². The Morgan fingerprint density at radius 2 is 1.48 bits per heavy atom. The molecule has 0 aromatic heterocycles. The quantitative estimate of drug-likeness (QED) is 0.159. The minimum atomic E-state index is -2.94. The number of hydrogen-bond acceptors (Lipinski definition) is 3. The SMILES string of the molecule is CC[C@@H](CO[Si](c1ccccc1)(c1ccccc1)C(C)(C)C)N1C(=O)[C@](C)(CC(=O)O)C[C@H](c2cccc(Cl)c2)[C@H]1c1ccc(Cl)cc1. The molecular weight excluding hydrogens is 657 g/mol. The van der Waals surface area contributed by atoms with Crippen LogP contribution in [0.2, 0.25) is 15.1 Å². The summed E-state index contributed by atoms with van der Waals surface area (Å²) in [4.78, 5) is 29.2. The number of hydrogen-bond donors (Lipinski definition) is 1. The van der Waals surface area contributed by atoms with Crippen molar-refractivity contribution in [3.05, 3.63) is 130 Å². The Kier molecular flexibility index (Phi) is 10.9. The van der Waals surface area contributed by atoms with Crippen LogP contribution >= 0.6 is 23.2 Å². The molecule has 4 atom stereocenters. The molecule has 5 nitrogen and oxygen atoms in total. The predicted molar refractivity (Wildman–Crippen MR) is 198 cm³/mol. The van der Waals surface area contributed by atoms with E-state index in [1.807, 2.05) is 65.6 Å². The first kappa shape index (κ1) is 35.9. The van der Waals surface area contributed by atoms with Crippen molar-refractivity contribution in [1.82, 2.24) is 4.90 Å². The van der Waals surface area contributed by atoms with Crippen LogP contribution in [0.15, 0.2) is 109 Å². The summed E-state index contributed by atoms with van der Waals surface area (Å²) in [6, 6.07) is 35.5. The molecule has 48 heavy (non-hydrogen) atoms. The van der Waals surface area contributed by atoms with Crippen molar-refractivity contribution < 1.29 is 19.1 Å². The van der Waals surface area contributed by atoms with Crippen LogP contribution in [0.25, 0.3) is 0 Å². The van der Waals surface area contributed by atoms with E-state index in [4.69, 9.17) is 27.6 Å². The fourth-order valence-electron chi connectivity index (χ4n) is 7.66. The van der Waals surface area contributed by atoms with Gasteiger partial charge in [0.2, 0.25) is 5.91 Å². The maximum absolute atomic E-state index is 14.9. The average Bonchev–Trinajstić information content (AvgIpc) is 3.05. The Labute approximate surface area is 296 Å². The fourth-order valence-corrected chi connectivity index (χ4v) is 12.6. The second-order valence-corrected chi connectivity index (χ2v) is 19.4. The normalized spacial score (nSPS) is 20.8. The lowest BCUT2D eigenvalue weighted by molar-refractivity contribution is -0.161. The highest BCUT2D eigenvalue weighted by Crippen LogP contribution is 2.52. The third-order valence-electron chi connectivity index (χ3n) is 9.91. The first-order valence-corrected chi connectivity index (χ1v) is 19.3. The molecule has 1 aliphatic heterocycles. The zero-order chi connectivity index (χ0) is 34.7. The van der Waals surface area contributed by atoms with Crippen LogP contribution in [0.4, 0.5) is 0 Å². The van der Waals surface area contributed by atoms with Gasteiger partial charge in [-0.1, -0.05) is 143 Å². The van der Waals surface area contributed by atoms with Crippen LogP contribution in [-0.2, 0) is 14.0 Å². The number of halogens is 2. The minimum Gasteiger partial charge on any atom is -0.481 e. The van der Waals surface area contributed by atoms with Gasteiger partial charge in [-0.25, -0.2) is 0 Å². The Bertz CT molecular complexity index is 1670. The molecule has 1 heterocycles. The largest absolute Gasteiger partial charge is 0.481 e. The molecule has 0 unspecified atom stereocenters. The van der Waals surface area contributed by atoms with Crippen molar-refractivity contribution in [2.75, 3.05) is 6.61 Å². The molecule has 1 fully saturated rings. The van der Waals surface area contributed by atoms with Gasteiger partial charge in [0.1, 0.15) is 0 Å². The molecule has 252 valence electrons. The number of carboxylic acids is 1. The van der Waals surface area contributed by atoms with Gasteiger partial charge in [-0.05, 0) is 63.6 Å². The fraction of sp³-hybridized carbons (Fsp3) is 0.350. The lowest BCUT2D eigenvalue weighted by Crippen LogP contribution is -2.67. The van der Waals surface area contributed by atoms with Crippen molar-refractivity contribution in [2.45, 2.75) is 76.9 Å². The molecular formula is C40H45Cl2NO4Si. The van der Waals surface area contributed by atoms with E-state index < -0.39 is 25.7 Å². The van der Waals surface area contributed by atoms with Gasteiger partial charge < -0.3 is 14.4 Å². The van der Waals surface area contributed by atoms with E-state index in [1.165, 1.54) is 0 Å². The Balaban J connectivity index is 1.68. The van der Waals surface area contributed by atoms with Gasteiger partial charge in [-0.15, -0.1) is 0 Å². The molecule has 1 N–H and O–H groups in total. The number of nitrogens with zero attached hydrogens (tertiary/aromatic N) is 1. The van der Waals surface area contributed by atoms with Crippen LogP contribution in [0.1, 0.15) is 77.0 Å². The summed E-state index contributed by atoms with van der Waals surface area (Å²) in [6.07, 6.45) is 0.687. The Morgan fingerprint density at radius 3 is 1.98 bits per heavy atom. The monoisotopic (exact) mass is 701 g/mol. The highest BCUT2D eigenvalue weighted by Gasteiger charge is 2.54. The summed E-state index contributed by atoms with van der Waals surface area (Å²) in [7, 11) is -2.94. The molecule has 4 aromatic rings. The maximum Gasteiger partial charge on any atom is 0.304 e. The van der Waals surface area contributed by atoms with Gasteiger partial charge in [-0.3, -0.25) is 9.59 Å². The van der Waals surface area contributed by atoms with Gasteiger partial charge in [0.05, 0.1) is 30.5 Å². The number of aliphatic carboxylic acids is 1. The average molecular weight is 703 g/mol. The van der Waals surface area contributed by atoms with E-state index in [2.05, 4.69) is 76.2 Å². The summed E-state index contributed by atoms with van der Waals surface area (Å²) < 4.78 is 7.42. The van der Waals surface area contributed by atoms with E-state index in [0.29, 0.717) is 22.9 Å². The number of carboxylic acid groups (broad SMARTS) is 1. The van der Waals surface area contributed by atoms with Gasteiger partial charge in [0.15, 0.2) is 0 Å². The smallest absolute Gasteiger partial charge is 0.304 e. The van der Waals surface area contributed by atoms with Gasteiger partial charge in [0, 0.05) is 16.0 Å². The number of amides is 1. The first-order chi connectivity index (χ1) is 22.8. The van der Waals surface area contributed by atoms with E-state index in [-0.39, 0.29) is 35.9 Å². The number of benzene rings is 4. The molecule has 0 radical (unpaired) electrons. The van der Waals surface area contributed by atoms with Crippen LogP contribution in [0.5, 0.6) is 0 Å². The van der Waals surface area contributed by atoms with Gasteiger partial charge in [0.25, 0.3) is 8.32 Å². The molecule has 0 saturated carbocycles. The van der Waals surface area contributed by atoms with Crippen LogP contribution < -0.4 is 10.4 Å². The van der Waals surface area contributed by atoms with E-state index in [0.717, 1.165) is 21.5 Å². The number of carbonyl (C=O) groups is 2. The highest BCUT2D eigenvalue weighted by molar-refractivity contribution is 6.99. The van der Waals surface area contributed by atoms with Crippen LogP contribution in [0.3, 0.4) is 0 Å². The third kappa shape index (κ3) is 7.13. The molecule has 0 spiro atoms. The highest BCUT2D eigenvalue weighted by atomic mass is 35.5. The van der Waals surface area contributed by atoms with Gasteiger partial charge >= 0.3 is 5.97 Å². The summed E-state index contributed by atoms with van der Waals surface area (Å²) in [5, 5.41) is 13.3. The van der Waals surface area contributed by atoms with E-state index >= 15 is 0 Å². The predicted octanol–water partition coefficient (Wildman–Crippen LogP) is 8.89. The Morgan fingerprint density at radius 1 is 0.896 bits per heavy atom.